The largest absolute Gasteiger partial charge is 0.478 e. The molecule has 0 saturated heterocycles. The average Bonchev–Trinajstić information content (AvgIpc) is 2.37. The van der Waals surface area contributed by atoms with Crippen LogP contribution in [-0.2, 0) is 0 Å². The molecule has 4 heteroatoms. The predicted octanol–water partition coefficient (Wildman–Crippen LogP) is 3.96. The molecule has 0 aliphatic heterocycles. The molecular formula is C15H27N3O. The van der Waals surface area contributed by atoms with Crippen LogP contribution < -0.4 is 10.1 Å². The fourth-order valence-electron chi connectivity index (χ4n) is 1.95. The van der Waals surface area contributed by atoms with E-state index in [4.69, 9.17) is 4.74 Å². The van der Waals surface area contributed by atoms with Gasteiger partial charge in [-0.25, -0.2) is 4.98 Å². The van der Waals surface area contributed by atoms with Crippen LogP contribution in [0, 0.1) is 6.92 Å². The Morgan fingerprint density at radius 2 is 1.79 bits per heavy atom. The summed E-state index contributed by atoms with van der Waals surface area (Å²) in [6, 6.07) is 1.86. The number of unbranched alkanes of at least 4 members (excludes halogenated alkanes) is 5. The maximum Gasteiger partial charge on any atom is 0.226 e. The molecule has 1 heterocycles. The molecule has 4 nitrogen and oxygen atoms in total. The predicted molar refractivity (Wildman–Crippen MR) is 79.8 cm³/mol. The van der Waals surface area contributed by atoms with E-state index >= 15 is 0 Å². The summed E-state index contributed by atoms with van der Waals surface area (Å²) in [6.07, 6.45) is 7.78. The Morgan fingerprint density at radius 1 is 1.05 bits per heavy atom. The maximum absolute atomic E-state index is 5.41. The fraction of sp³-hybridized carbons (Fsp3) is 0.733. The van der Waals surface area contributed by atoms with Gasteiger partial charge in [-0.15, -0.1) is 0 Å². The van der Waals surface area contributed by atoms with Crippen LogP contribution in [0.3, 0.4) is 0 Å². The Kier molecular flexibility index (Phi) is 7.94. The molecule has 0 spiro atoms. The van der Waals surface area contributed by atoms with Crippen molar-refractivity contribution in [3.05, 3.63) is 11.8 Å². The van der Waals surface area contributed by atoms with Crippen molar-refractivity contribution >= 4 is 5.95 Å². The number of ether oxygens (including phenoxy) is 1. The summed E-state index contributed by atoms with van der Waals surface area (Å²) < 4.78 is 5.41. The molecule has 0 radical (unpaired) electrons. The first kappa shape index (κ1) is 15.7. The number of nitrogens with zero attached hydrogens (tertiary/aromatic N) is 2. The summed E-state index contributed by atoms with van der Waals surface area (Å²) in [5.41, 5.74) is 0.934. The second-order valence-electron chi connectivity index (χ2n) is 4.80. The Hall–Kier alpha value is -1.32. The lowest BCUT2D eigenvalue weighted by Crippen LogP contribution is -2.07. The first-order chi connectivity index (χ1) is 9.26. The van der Waals surface area contributed by atoms with Crippen LogP contribution in [-0.4, -0.2) is 23.1 Å². The normalized spacial score (nSPS) is 10.5. The van der Waals surface area contributed by atoms with Crippen LogP contribution in [0.5, 0.6) is 5.88 Å². The van der Waals surface area contributed by atoms with Crippen LogP contribution in [0.25, 0.3) is 0 Å². The van der Waals surface area contributed by atoms with Crippen molar-refractivity contribution in [2.24, 2.45) is 0 Å². The quantitative estimate of drug-likeness (QED) is 0.651. The Morgan fingerprint density at radius 3 is 2.53 bits per heavy atom. The second kappa shape index (κ2) is 9.59. The van der Waals surface area contributed by atoms with Gasteiger partial charge >= 0.3 is 0 Å². The standard InChI is InChI=1S/C15H27N3O/c1-4-6-7-8-9-10-11-16-15-17-13(3)12-14(18-15)19-5-2/h12H,4-11H2,1-3H3,(H,16,17,18). The van der Waals surface area contributed by atoms with Gasteiger partial charge in [-0.05, 0) is 20.3 Å². The molecule has 0 aliphatic carbocycles. The van der Waals surface area contributed by atoms with Crippen LogP contribution in [0.4, 0.5) is 5.95 Å². The van der Waals surface area contributed by atoms with Crippen LogP contribution >= 0.6 is 0 Å². The van der Waals surface area contributed by atoms with Crippen molar-refractivity contribution in [3.8, 4) is 5.88 Å². The maximum atomic E-state index is 5.41. The molecule has 0 unspecified atom stereocenters. The van der Waals surface area contributed by atoms with Gasteiger partial charge in [0.25, 0.3) is 0 Å². The van der Waals surface area contributed by atoms with Gasteiger partial charge in [0.05, 0.1) is 6.61 Å². The molecule has 1 N–H and O–H groups in total. The number of rotatable bonds is 10. The van der Waals surface area contributed by atoms with E-state index in [0.29, 0.717) is 18.4 Å². The molecule has 0 saturated carbocycles. The van der Waals surface area contributed by atoms with Gasteiger partial charge in [-0.1, -0.05) is 39.0 Å². The molecule has 0 bridgehead atoms. The zero-order chi connectivity index (χ0) is 13.9. The highest BCUT2D eigenvalue weighted by molar-refractivity contribution is 5.30. The highest BCUT2D eigenvalue weighted by atomic mass is 16.5. The van der Waals surface area contributed by atoms with E-state index in [1.807, 2.05) is 19.9 Å². The van der Waals surface area contributed by atoms with Crippen molar-refractivity contribution in [1.82, 2.24) is 9.97 Å². The zero-order valence-corrected chi connectivity index (χ0v) is 12.5. The highest BCUT2D eigenvalue weighted by Crippen LogP contribution is 2.12. The van der Waals surface area contributed by atoms with E-state index in [2.05, 4.69) is 22.2 Å². The van der Waals surface area contributed by atoms with Crippen molar-refractivity contribution in [3.63, 3.8) is 0 Å². The van der Waals surface area contributed by atoms with Crippen molar-refractivity contribution in [1.29, 1.82) is 0 Å². The van der Waals surface area contributed by atoms with Gasteiger partial charge in [0.15, 0.2) is 0 Å². The van der Waals surface area contributed by atoms with E-state index in [0.717, 1.165) is 12.2 Å². The minimum atomic E-state index is 0.632. The summed E-state index contributed by atoms with van der Waals surface area (Å²) in [5.74, 6) is 1.33. The summed E-state index contributed by atoms with van der Waals surface area (Å²) in [5, 5.41) is 3.27. The average molecular weight is 265 g/mol. The van der Waals surface area contributed by atoms with Gasteiger partial charge in [-0.2, -0.15) is 4.98 Å². The van der Waals surface area contributed by atoms with Crippen LogP contribution in [0.1, 0.15) is 58.1 Å². The third-order valence-corrected chi connectivity index (χ3v) is 2.94. The van der Waals surface area contributed by atoms with Gasteiger partial charge < -0.3 is 10.1 Å². The topological polar surface area (TPSA) is 47.0 Å². The smallest absolute Gasteiger partial charge is 0.226 e. The van der Waals surface area contributed by atoms with E-state index in [1.165, 1.54) is 38.5 Å². The van der Waals surface area contributed by atoms with Crippen molar-refractivity contribution in [2.45, 2.75) is 59.3 Å². The number of aryl methyl sites for hydroxylation is 1. The monoisotopic (exact) mass is 265 g/mol. The van der Waals surface area contributed by atoms with Crippen molar-refractivity contribution in [2.75, 3.05) is 18.5 Å². The molecular weight excluding hydrogens is 238 g/mol. The van der Waals surface area contributed by atoms with Gasteiger partial charge in [0.2, 0.25) is 11.8 Å². The number of nitrogens with one attached hydrogen (secondary N) is 1. The van der Waals surface area contributed by atoms with Crippen LogP contribution in [0.2, 0.25) is 0 Å². The number of aromatic nitrogens is 2. The molecule has 1 rings (SSSR count). The fourth-order valence-corrected chi connectivity index (χ4v) is 1.95. The number of hydrogen-bond acceptors (Lipinski definition) is 4. The third kappa shape index (κ3) is 6.99. The first-order valence-electron chi connectivity index (χ1n) is 7.48. The lowest BCUT2D eigenvalue weighted by atomic mass is 10.1. The summed E-state index contributed by atoms with van der Waals surface area (Å²) in [4.78, 5) is 8.69. The lowest BCUT2D eigenvalue weighted by molar-refractivity contribution is 0.326. The number of hydrogen-bond donors (Lipinski definition) is 1. The summed E-state index contributed by atoms with van der Waals surface area (Å²) in [7, 11) is 0. The SMILES string of the molecule is CCCCCCCCNc1nc(C)cc(OCC)n1. The minimum absolute atomic E-state index is 0.632. The van der Waals surface area contributed by atoms with E-state index in [1.54, 1.807) is 0 Å². The Bertz CT molecular complexity index is 355. The van der Waals surface area contributed by atoms with E-state index in [9.17, 15) is 0 Å². The van der Waals surface area contributed by atoms with Crippen LogP contribution in [0.15, 0.2) is 6.07 Å². The third-order valence-electron chi connectivity index (χ3n) is 2.94. The molecule has 0 fully saturated rings. The molecule has 108 valence electrons. The molecule has 1 aromatic rings. The van der Waals surface area contributed by atoms with E-state index in [-0.39, 0.29) is 0 Å². The molecule has 19 heavy (non-hydrogen) atoms. The second-order valence-corrected chi connectivity index (χ2v) is 4.80. The Balaban J connectivity index is 2.25. The van der Waals surface area contributed by atoms with Gasteiger partial charge in [-0.3, -0.25) is 0 Å². The highest BCUT2D eigenvalue weighted by Gasteiger charge is 2.02. The minimum Gasteiger partial charge on any atom is -0.478 e. The lowest BCUT2D eigenvalue weighted by Gasteiger charge is -2.08. The van der Waals surface area contributed by atoms with Crippen molar-refractivity contribution < 1.29 is 4.74 Å². The molecule has 0 aromatic carbocycles. The Labute approximate surface area is 117 Å². The van der Waals surface area contributed by atoms with Gasteiger partial charge in [0, 0.05) is 18.3 Å². The summed E-state index contributed by atoms with van der Waals surface area (Å²) in [6.45, 7) is 7.72. The summed E-state index contributed by atoms with van der Waals surface area (Å²) >= 11 is 0. The van der Waals surface area contributed by atoms with E-state index < -0.39 is 0 Å². The molecule has 0 atom stereocenters. The first-order valence-corrected chi connectivity index (χ1v) is 7.48. The number of anilines is 1. The molecule has 0 amide bonds. The molecule has 0 aliphatic rings. The zero-order valence-electron chi connectivity index (χ0n) is 12.5. The molecule has 1 aromatic heterocycles. The van der Waals surface area contributed by atoms with Gasteiger partial charge in [0.1, 0.15) is 0 Å².